The maximum Gasteiger partial charge on any atom is 0.391 e. The lowest BCUT2D eigenvalue weighted by Gasteiger charge is -2.24. The number of aromatic hydroxyl groups is 1. The zero-order valence-corrected chi connectivity index (χ0v) is 21.3. The smallest absolute Gasteiger partial charge is 0.391 e. The zero-order valence-electron chi connectivity index (χ0n) is 21.3. The van der Waals surface area contributed by atoms with Crippen LogP contribution in [0.5, 0.6) is 17.2 Å². The van der Waals surface area contributed by atoms with Crippen molar-refractivity contribution < 1.29 is 37.7 Å². The maximum atomic E-state index is 12.9. The Kier molecular flexibility index (Phi) is 11.0. The van der Waals surface area contributed by atoms with Crippen LogP contribution >= 0.6 is 0 Å². The third-order valence-electron chi connectivity index (χ3n) is 6.50. The molecule has 0 radical (unpaired) electrons. The third kappa shape index (κ3) is 8.11. The van der Waals surface area contributed by atoms with E-state index < -0.39 is 24.1 Å². The molecule has 0 aliphatic heterocycles. The molecular weight excluding hydrogens is 475 g/mol. The van der Waals surface area contributed by atoms with Crippen molar-refractivity contribution in [3.05, 3.63) is 47.3 Å². The first-order chi connectivity index (χ1) is 17.0. The van der Waals surface area contributed by atoms with Crippen LogP contribution in [0.15, 0.2) is 30.5 Å². The van der Waals surface area contributed by atoms with Crippen LogP contribution in [0.1, 0.15) is 86.3 Å². The van der Waals surface area contributed by atoms with Gasteiger partial charge in [-0.1, -0.05) is 26.2 Å². The number of ketones is 1. The van der Waals surface area contributed by atoms with E-state index in [1.54, 1.807) is 25.1 Å². The molecule has 6 nitrogen and oxygen atoms in total. The number of unbranched alkanes of at least 4 members (excludes halogenated alkanes) is 2. The van der Waals surface area contributed by atoms with Crippen LogP contribution in [0, 0.1) is 5.92 Å². The molecule has 200 valence electrons. The molecule has 1 aromatic carbocycles. The largest absolute Gasteiger partial charge is 0.507 e. The van der Waals surface area contributed by atoms with E-state index in [1.165, 1.54) is 33.4 Å². The van der Waals surface area contributed by atoms with Crippen molar-refractivity contribution in [2.45, 2.75) is 77.0 Å². The first-order valence-corrected chi connectivity index (χ1v) is 12.2. The fraction of sp³-hybridized carbons (Fsp3) is 0.556. The minimum Gasteiger partial charge on any atom is -0.507 e. The molecule has 36 heavy (non-hydrogen) atoms. The highest BCUT2D eigenvalue weighted by atomic mass is 19.4. The Hall–Kier alpha value is -2.81. The predicted molar refractivity (Wildman–Crippen MR) is 131 cm³/mol. The van der Waals surface area contributed by atoms with Gasteiger partial charge >= 0.3 is 6.18 Å². The number of Topliss-reactive ketones (excluding diaryl/α,β-unsaturated/α-hetero) is 1. The summed E-state index contributed by atoms with van der Waals surface area (Å²) in [6, 6.07) is 6.40. The number of phenolic OH excluding ortho intramolecular Hbond substituents is 1. The van der Waals surface area contributed by atoms with E-state index in [-0.39, 0.29) is 30.8 Å². The van der Waals surface area contributed by atoms with E-state index in [2.05, 4.69) is 4.98 Å². The van der Waals surface area contributed by atoms with E-state index in [0.717, 1.165) is 0 Å². The van der Waals surface area contributed by atoms with Crippen molar-refractivity contribution in [1.82, 2.24) is 4.98 Å². The van der Waals surface area contributed by atoms with Gasteiger partial charge in [-0.05, 0) is 44.7 Å². The second-order valence-electron chi connectivity index (χ2n) is 9.02. The number of aliphatic hydroxyl groups is 1. The average Bonchev–Trinajstić information content (AvgIpc) is 2.83. The summed E-state index contributed by atoms with van der Waals surface area (Å²) in [6.45, 7) is 2.98. The number of hydrogen-bond donors (Lipinski definition) is 2. The molecule has 0 spiro atoms. The summed E-state index contributed by atoms with van der Waals surface area (Å²) in [7, 11) is 2.93. The lowest BCUT2D eigenvalue weighted by Crippen LogP contribution is -2.22. The fourth-order valence-electron chi connectivity index (χ4n) is 4.37. The summed E-state index contributed by atoms with van der Waals surface area (Å²) in [4.78, 5) is 16.1. The molecule has 3 unspecified atom stereocenters. The number of halogens is 3. The van der Waals surface area contributed by atoms with Gasteiger partial charge in [-0.25, -0.2) is 0 Å². The molecule has 2 aromatic rings. The first kappa shape index (κ1) is 29.4. The van der Waals surface area contributed by atoms with Gasteiger partial charge in [0.1, 0.15) is 17.2 Å². The summed E-state index contributed by atoms with van der Waals surface area (Å²) in [5.41, 5.74) is 1.40. The van der Waals surface area contributed by atoms with Crippen molar-refractivity contribution in [2.75, 3.05) is 14.2 Å². The van der Waals surface area contributed by atoms with Gasteiger partial charge in [-0.2, -0.15) is 13.2 Å². The number of aromatic nitrogens is 1. The van der Waals surface area contributed by atoms with Gasteiger partial charge in [0, 0.05) is 41.1 Å². The number of pyridine rings is 1. The molecule has 1 aromatic heterocycles. The molecule has 9 heteroatoms. The Morgan fingerprint density at radius 3 is 2.31 bits per heavy atom. The van der Waals surface area contributed by atoms with Crippen molar-refractivity contribution >= 4 is 5.78 Å². The third-order valence-corrected chi connectivity index (χ3v) is 6.50. The summed E-state index contributed by atoms with van der Waals surface area (Å²) in [5, 5.41) is 21.6. The Balaban J connectivity index is 2.18. The number of benzene rings is 1. The minimum atomic E-state index is -4.17. The van der Waals surface area contributed by atoms with Crippen LogP contribution in [-0.2, 0) is 0 Å². The topological polar surface area (TPSA) is 88.9 Å². The quantitative estimate of drug-likeness (QED) is 0.224. The normalized spacial score (nSPS) is 14.2. The van der Waals surface area contributed by atoms with Crippen molar-refractivity contribution in [2.24, 2.45) is 5.92 Å². The lowest BCUT2D eigenvalue weighted by atomic mass is 9.86. The molecule has 0 aliphatic carbocycles. The van der Waals surface area contributed by atoms with Gasteiger partial charge in [0.2, 0.25) is 0 Å². The van der Waals surface area contributed by atoms with E-state index in [1.807, 2.05) is 0 Å². The SMILES string of the molecule is CCC(CCCCCC(O)CC(c1ccc(C(C)=O)cn1)c1c(O)cc(OC)cc1OC)C(F)(F)F. The second-order valence-corrected chi connectivity index (χ2v) is 9.02. The Bertz CT molecular complexity index is 979. The van der Waals surface area contributed by atoms with Gasteiger partial charge < -0.3 is 19.7 Å². The number of rotatable bonds is 14. The standard InChI is InChI=1S/C27H36F3NO5/c1-5-19(27(28,29)30)9-7-6-8-10-20(33)13-22(23-12-11-18(16-31-23)17(2)32)26-24(34)14-21(35-3)15-25(26)36-4/h11-12,14-16,19-20,22,33-34H,5-10,13H2,1-4H3. The Morgan fingerprint density at radius 2 is 1.78 bits per heavy atom. The number of hydrogen-bond acceptors (Lipinski definition) is 6. The van der Waals surface area contributed by atoms with Crippen LogP contribution in [0.25, 0.3) is 0 Å². The average molecular weight is 512 g/mol. The number of carbonyl (C=O) groups excluding carboxylic acids is 1. The minimum absolute atomic E-state index is 0.0659. The molecule has 2 rings (SSSR count). The molecule has 0 saturated heterocycles. The Labute approximate surface area is 210 Å². The van der Waals surface area contributed by atoms with Gasteiger partial charge in [0.05, 0.1) is 26.2 Å². The Morgan fingerprint density at radius 1 is 1.08 bits per heavy atom. The number of ether oxygens (including phenoxy) is 2. The highest BCUT2D eigenvalue weighted by Crippen LogP contribution is 2.43. The fourth-order valence-corrected chi connectivity index (χ4v) is 4.37. The maximum absolute atomic E-state index is 12.9. The molecule has 2 N–H and O–H groups in total. The summed E-state index contributed by atoms with van der Waals surface area (Å²) < 4.78 is 49.5. The van der Waals surface area contributed by atoms with Gasteiger partial charge in [-0.3, -0.25) is 9.78 Å². The van der Waals surface area contributed by atoms with Crippen molar-refractivity contribution in [3.8, 4) is 17.2 Å². The summed E-state index contributed by atoms with van der Waals surface area (Å²) in [6.07, 6.45) is -1.18. The molecule has 3 atom stereocenters. The van der Waals surface area contributed by atoms with Gasteiger partial charge in [0.15, 0.2) is 5.78 Å². The van der Waals surface area contributed by atoms with Crippen LogP contribution in [0.4, 0.5) is 13.2 Å². The molecule has 0 aliphatic rings. The summed E-state index contributed by atoms with van der Waals surface area (Å²) in [5.74, 6) is -1.31. The molecular formula is C27H36F3NO5. The molecule has 0 saturated carbocycles. The first-order valence-electron chi connectivity index (χ1n) is 12.2. The van der Waals surface area contributed by atoms with E-state index in [4.69, 9.17) is 9.47 Å². The van der Waals surface area contributed by atoms with Gasteiger partial charge in [0.25, 0.3) is 0 Å². The van der Waals surface area contributed by atoms with Crippen LogP contribution in [0.2, 0.25) is 0 Å². The van der Waals surface area contributed by atoms with E-state index >= 15 is 0 Å². The van der Waals surface area contributed by atoms with Crippen LogP contribution in [-0.4, -0.2) is 47.5 Å². The van der Waals surface area contributed by atoms with E-state index in [9.17, 15) is 28.2 Å². The zero-order chi connectivity index (χ0) is 26.9. The number of nitrogens with zero attached hydrogens (tertiary/aromatic N) is 1. The monoisotopic (exact) mass is 511 g/mol. The lowest BCUT2D eigenvalue weighted by molar-refractivity contribution is -0.177. The summed E-state index contributed by atoms with van der Waals surface area (Å²) >= 11 is 0. The second kappa shape index (κ2) is 13.5. The molecule has 1 heterocycles. The van der Waals surface area contributed by atoms with Gasteiger partial charge in [-0.15, -0.1) is 0 Å². The van der Waals surface area contributed by atoms with E-state index in [0.29, 0.717) is 54.0 Å². The highest BCUT2D eigenvalue weighted by molar-refractivity contribution is 5.93. The number of methoxy groups -OCH3 is 2. The predicted octanol–water partition coefficient (Wildman–Crippen LogP) is 6.43. The van der Waals surface area contributed by atoms with Crippen molar-refractivity contribution in [3.63, 3.8) is 0 Å². The van der Waals surface area contributed by atoms with Crippen LogP contribution in [0.3, 0.4) is 0 Å². The number of carbonyl (C=O) groups is 1. The number of alkyl halides is 3. The molecule has 0 bridgehead atoms. The van der Waals surface area contributed by atoms with Crippen molar-refractivity contribution in [1.29, 1.82) is 0 Å². The molecule has 0 fully saturated rings. The van der Waals surface area contributed by atoms with Crippen LogP contribution < -0.4 is 9.47 Å². The number of phenols is 1. The highest BCUT2D eigenvalue weighted by Gasteiger charge is 2.37. The number of aliphatic hydroxyl groups excluding tert-OH is 1. The molecule has 0 amide bonds.